The largest absolute Gasteiger partial charge is 0.416 e. The van der Waals surface area contributed by atoms with Crippen molar-refractivity contribution < 1.29 is 22.8 Å². The van der Waals surface area contributed by atoms with Gasteiger partial charge in [-0.2, -0.15) is 18.3 Å². The smallest absolute Gasteiger partial charge is 0.326 e. The molecule has 154 valence electrons. The van der Waals surface area contributed by atoms with E-state index in [4.69, 9.17) is 0 Å². The Morgan fingerprint density at radius 3 is 2.43 bits per heavy atom. The molecule has 0 unspecified atom stereocenters. The summed E-state index contributed by atoms with van der Waals surface area (Å²) in [7, 11) is 0. The number of fused-ring (bicyclic) bond motifs is 1. The lowest BCUT2D eigenvalue weighted by Gasteiger charge is -2.10. The van der Waals surface area contributed by atoms with Crippen LogP contribution in [0.25, 0.3) is 10.8 Å². The molecular formula is C22H18F3N3O2. The van der Waals surface area contributed by atoms with E-state index in [2.05, 4.69) is 15.8 Å². The van der Waals surface area contributed by atoms with Crippen LogP contribution in [0.5, 0.6) is 0 Å². The van der Waals surface area contributed by atoms with Gasteiger partial charge in [-0.05, 0) is 42.0 Å². The lowest BCUT2D eigenvalue weighted by molar-refractivity contribution is -0.137. The van der Waals surface area contributed by atoms with Crippen LogP contribution in [0.4, 0.5) is 18.9 Å². The molecule has 3 rings (SSSR count). The van der Waals surface area contributed by atoms with Crippen LogP contribution in [-0.2, 0) is 11.0 Å². The number of rotatable bonds is 5. The summed E-state index contributed by atoms with van der Waals surface area (Å²) in [6.45, 7) is 1.54. The second kappa shape index (κ2) is 8.77. The number of alkyl halides is 3. The fourth-order valence-electron chi connectivity index (χ4n) is 2.88. The van der Waals surface area contributed by atoms with Crippen LogP contribution < -0.4 is 10.7 Å². The second-order valence-electron chi connectivity index (χ2n) is 6.62. The van der Waals surface area contributed by atoms with Crippen LogP contribution in [0.15, 0.2) is 71.8 Å². The first kappa shape index (κ1) is 21.0. The Morgan fingerprint density at radius 2 is 1.67 bits per heavy atom. The highest BCUT2D eigenvalue weighted by Gasteiger charge is 2.30. The number of nitrogens with one attached hydrogen (secondary N) is 2. The van der Waals surface area contributed by atoms with Gasteiger partial charge in [0.25, 0.3) is 5.91 Å². The fraction of sp³-hybridized carbons (Fsp3) is 0.136. The molecule has 5 nitrogen and oxygen atoms in total. The summed E-state index contributed by atoms with van der Waals surface area (Å²) in [6.07, 6.45) is -4.68. The summed E-state index contributed by atoms with van der Waals surface area (Å²) in [4.78, 5) is 24.5. The minimum atomic E-state index is -4.50. The third kappa shape index (κ3) is 5.22. The maximum Gasteiger partial charge on any atom is 0.416 e. The summed E-state index contributed by atoms with van der Waals surface area (Å²) >= 11 is 0. The number of amides is 2. The standard InChI is InChI=1S/C22H18F3N3O2/c1-14(12-20(29)26-17-9-5-8-16(13-17)22(23,24)25)27-28-21(30)19-11-4-7-15-6-2-3-10-18(15)19/h2-11,13H,12H2,1H3,(H,26,29)(H,28,30)/b27-14+. The van der Waals surface area contributed by atoms with Gasteiger partial charge in [0.05, 0.1) is 12.0 Å². The molecule has 0 saturated carbocycles. The molecule has 0 aliphatic rings. The lowest BCUT2D eigenvalue weighted by Crippen LogP contribution is -2.21. The van der Waals surface area contributed by atoms with E-state index in [0.717, 1.165) is 22.9 Å². The van der Waals surface area contributed by atoms with Crippen molar-refractivity contribution >= 4 is 34.0 Å². The molecule has 30 heavy (non-hydrogen) atoms. The fourth-order valence-corrected chi connectivity index (χ4v) is 2.88. The topological polar surface area (TPSA) is 70.6 Å². The Hall–Kier alpha value is -3.68. The normalized spacial score (nSPS) is 11.9. The monoisotopic (exact) mass is 413 g/mol. The molecule has 0 radical (unpaired) electrons. The van der Waals surface area contributed by atoms with E-state index in [9.17, 15) is 22.8 Å². The number of benzene rings is 3. The second-order valence-corrected chi connectivity index (χ2v) is 6.62. The number of nitrogens with zero attached hydrogens (tertiary/aromatic N) is 1. The zero-order chi connectivity index (χ0) is 21.7. The highest BCUT2D eigenvalue weighted by Crippen LogP contribution is 2.30. The van der Waals surface area contributed by atoms with Crippen molar-refractivity contribution in [2.45, 2.75) is 19.5 Å². The van der Waals surface area contributed by atoms with Gasteiger partial charge in [-0.1, -0.05) is 42.5 Å². The Kier molecular flexibility index (Phi) is 6.15. The van der Waals surface area contributed by atoms with Crippen LogP contribution >= 0.6 is 0 Å². The van der Waals surface area contributed by atoms with Crippen molar-refractivity contribution in [1.82, 2.24) is 5.43 Å². The summed E-state index contributed by atoms with van der Waals surface area (Å²) in [5, 5.41) is 8.00. The van der Waals surface area contributed by atoms with Gasteiger partial charge in [0.2, 0.25) is 5.91 Å². The van der Waals surface area contributed by atoms with E-state index in [-0.39, 0.29) is 12.1 Å². The molecule has 0 spiro atoms. The number of halogens is 3. The van der Waals surface area contributed by atoms with Crippen LogP contribution in [0.3, 0.4) is 0 Å². The predicted molar refractivity (Wildman–Crippen MR) is 109 cm³/mol. The van der Waals surface area contributed by atoms with E-state index in [1.165, 1.54) is 19.1 Å². The molecule has 0 heterocycles. The molecule has 0 bridgehead atoms. The van der Waals surface area contributed by atoms with E-state index in [1.54, 1.807) is 12.1 Å². The highest BCUT2D eigenvalue weighted by atomic mass is 19.4. The molecule has 0 aliphatic heterocycles. The first-order chi connectivity index (χ1) is 14.2. The van der Waals surface area contributed by atoms with Gasteiger partial charge in [0, 0.05) is 17.0 Å². The number of carbonyl (C=O) groups is 2. The minimum Gasteiger partial charge on any atom is -0.326 e. The van der Waals surface area contributed by atoms with Crippen molar-refractivity contribution in [2.24, 2.45) is 5.10 Å². The quantitative estimate of drug-likeness (QED) is 0.457. The number of hydrogen-bond acceptors (Lipinski definition) is 3. The first-order valence-electron chi connectivity index (χ1n) is 9.02. The molecule has 0 atom stereocenters. The third-order valence-corrected chi connectivity index (χ3v) is 4.27. The number of hydrazone groups is 1. The van der Waals surface area contributed by atoms with E-state index < -0.39 is 23.6 Å². The molecule has 2 amide bonds. The number of hydrogen-bond donors (Lipinski definition) is 2. The molecule has 0 saturated heterocycles. The molecule has 3 aromatic carbocycles. The van der Waals surface area contributed by atoms with E-state index in [0.29, 0.717) is 11.3 Å². The molecular weight excluding hydrogens is 395 g/mol. The van der Waals surface area contributed by atoms with Crippen molar-refractivity contribution in [3.63, 3.8) is 0 Å². The zero-order valence-corrected chi connectivity index (χ0v) is 16.0. The molecule has 8 heteroatoms. The van der Waals surface area contributed by atoms with Crippen LogP contribution in [-0.4, -0.2) is 17.5 Å². The van der Waals surface area contributed by atoms with E-state index in [1.807, 2.05) is 30.3 Å². The average molecular weight is 413 g/mol. The molecule has 0 fully saturated rings. The maximum absolute atomic E-state index is 12.8. The number of anilines is 1. The van der Waals surface area contributed by atoms with Crippen molar-refractivity contribution in [2.75, 3.05) is 5.32 Å². The molecule has 2 N–H and O–H groups in total. The third-order valence-electron chi connectivity index (χ3n) is 4.27. The number of carbonyl (C=O) groups excluding carboxylic acids is 2. The minimum absolute atomic E-state index is 0.0300. The molecule has 0 aliphatic carbocycles. The highest BCUT2D eigenvalue weighted by molar-refractivity contribution is 6.08. The van der Waals surface area contributed by atoms with Gasteiger partial charge in [-0.3, -0.25) is 9.59 Å². The first-order valence-corrected chi connectivity index (χ1v) is 9.02. The lowest BCUT2D eigenvalue weighted by atomic mass is 10.0. The predicted octanol–water partition coefficient (Wildman–Crippen LogP) is 4.99. The van der Waals surface area contributed by atoms with Crippen molar-refractivity contribution in [1.29, 1.82) is 0 Å². The van der Waals surface area contributed by atoms with E-state index >= 15 is 0 Å². The van der Waals surface area contributed by atoms with Crippen molar-refractivity contribution in [3.8, 4) is 0 Å². The maximum atomic E-state index is 12.8. The Morgan fingerprint density at radius 1 is 0.967 bits per heavy atom. The summed E-state index contributed by atoms with van der Waals surface area (Å²) in [5.74, 6) is -0.973. The van der Waals surface area contributed by atoms with Crippen LogP contribution in [0, 0.1) is 0 Å². The van der Waals surface area contributed by atoms with Crippen LogP contribution in [0.2, 0.25) is 0 Å². The Labute approximate surface area is 170 Å². The zero-order valence-electron chi connectivity index (χ0n) is 16.0. The van der Waals surface area contributed by atoms with Crippen molar-refractivity contribution in [3.05, 3.63) is 77.9 Å². The molecule has 0 aromatic heterocycles. The van der Waals surface area contributed by atoms with Gasteiger partial charge >= 0.3 is 6.18 Å². The Bertz CT molecular complexity index is 1120. The average Bonchev–Trinajstić information content (AvgIpc) is 2.71. The SMILES string of the molecule is C/C(CC(=O)Nc1cccc(C(F)(F)F)c1)=N\NC(=O)c1cccc2ccccc12. The molecule has 3 aromatic rings. The van der Waals surface area contributed by atoms with Gasteiger partial charge < -0.3 is 5.32 Å². The van der Waals surface area contributed by atoms with Gasteiger partial charge in [0.1, 0.15) is 0 Å². The van der Waals surface area contributed by atoms with Gasteiger partial charge in [-0.25, -0.2) is 5.43 Å². The van der Waals surface area contributed by atoms with Gasteiger partial charge in [-0.15, -0.1) is 0 Å². The van der Waals surface area contributed by atoms with Gasteiger partial charge in [0.15, 0.2) is 0 Å². The summed E-state index contributed by atoms with van der Waals surface area (Å²) in [6, 6.07) is 17.1. The Balaban J connectivity index is 1.62. The van der Waals surface area contributed by atoms with Crippen LogP contribution in [0.1, 0.15) is 29.3 Å². The summed E-state index contributed by atoms with van der Waals surface area (Å²) in [5.41, 5.74) is 2.33. The summed E-state index contributed by atoms with van der Waals surface area (Å²) < 4.78 is 38.3.